The Labute approximate surface area is 219 Å². The largest absolute Gasteiger partial charge is 0.454 e. The molecule has 1 amide bonds. The number of nitrogens with zero attached hydrogens (tertiary/aromatic N) is 2. The maximum absolute atomic E-state index is 12.8. The molecule has 2 aliphatic rings. The van der Waals surface area contributed by atoms with E-state index in [4.69, 9.17) is 14.2 Å². The average molecular weight is 507 g/mol. The molecule has 0 saturated carbocycles. The van der Waals surface area contributed by atoms with Crippen LogP contribution in [0.5, 0.6) is 17.2 Å². The Bertz CT molecular complexity index is 1670. The van der Waals surface area contributed by atoms with Gasteiger partial charge in [0.25, 0.3) is 0 Å². The van der Waals surface area contributed by atoms with Crippen molar-refractivity contribution < 1.29 is 19.0 Å². The highest BCUT2D eigenvalue weighted by Crippen LogP contribution is 2.45. The van der Waals surface area contributed by atoms with Gasteiger partial charge in [-0.25, -0.2) is 4.79 Å². The molecule has 38 heavy (non-hydrogen) atoms. The van der Waals surface area contributed by atoms with Gasteiger partial charge in [0.2, 0.25) is 6.79 Å². The van der Waals surface area contributed by atoms with E-state index in [0.29, 0.717) is 18.7 Å². The summed E-state index contributed by atoms with van der Waals surface area (Å²) in [6.45, 7) is 2.63. The third-order valence-corrected chi connectivity index (χ3v) is 7.32. The summed E-state index contributed by atoms with van der Waals surface area (Å²) in [5, 5.41) is 4.00. The van der Waals surface area contributed by atoms with E-state index in [1.54, 1.807) is 6.20 Å². The average Bonchev–Trinajstić information content (AvgIpc) is 3.66. The SMILES string of the molecule is CCc1cc(OC(=O)NCc2ccccn2)c2n1C(c1ccc3c(c1)OCO3)c1[nH]c3ccccc3c1C2. The van der Waals surface area contributed by atoms with Gasteiger partial charge < -0.3 is 29.1 Å². The highest BCUT2D eigenvalue weighted by molar-refractivity contribution is 5.86. The number of carbonyl (C=O) groups is 1. The fourth-order valence-corrected chi connectivity index (χ4v) is 5.59. The maximum Gasteiger partial charge on any atom is 0.412 e. The van der Waals surface area contributed by atoms with Crippen LogP contribution in [0.25, 0.3) is 10.9 Å². The number of aromatic amines is 1. The lowest BCUT2D eigenvalue weighted by atomic mass is 9.92. The van der Waals surface area contributed by atoms with Crippen molar-refractivity contribution in [3.05, 3.63) is 107 Å². The van der Waals surface area contributed by atoms with Gasteiger partial charge in [-0.1, -0.05) is 37.3 Å². The minimum absolute atomic E-state index is 0.139. The smallest absolute Gasteiger partial charge is 0.412 e. The molecule has 1 unspecified atom stereocenters. The number of carbonyl (C=O) groups excluding carboxylic acids is 1. The number of ether oxygens (including phenoxy) is 3. The van der Waals surface area contributed by atoms with Crippen molar-refractivity contribution >= 4 is 17.0 Å². The molecule has 0 spiro atoms. The van der Waals surface area contributed by atoms with Crippen LogP contribution >= 0.6 is 0 Å². The van der Waals surface area contributed by atoms with E-state index in [2.05, 4.69) is 57.1 Å². The Morgan fingerprint density at radius 3 is 2.84 bits per heavy atom. The minimum atomic E-state index is -0.504. The molecule has 190 valence electrons. The molecule has 0 fully saturated rings. The van der Waals surface area contributed by atoms with Crippen LogP contribution in [-0.2, 0) is 19.4 Å². The molecule has 1 atom stereocenters. The van der Waals surface area contributed by atoms with Crippen LogP contribution in [0.2, 0.25) is 0 Å². The Hall–Kier alpha value is -4.72. The predicted molar refractivity (Wildman–Crippen MR) is 142 cm³/mol. The fraction of sp³-hybridized carbons (Fsp3) is 0.200. The molecule has 5 aromatic rings. The summed E-state index contributed by atoms with van der Waals surface area (Å²) in [5.41, 5.74) is 7.31. The second kappa shape index (κ2) is 8.99. The first-order valence-electron chi connectivity index (χ1n) is 12.8. The number of H-pyrrole nitrogens is 1. The number of para-hydroxylation sites is 1. The number of pyridine rings is 1. The number of aromatic nitrogens is 3. The third kappa shape index (κ3) is 3.68. The van der Waals surface area contributed by atoms with E-state index in [9.17, 15) is 4.79 Å². The second-order valence-electron chi connectivity index (χ2n) is 9.49. The van der Waals surface area contributed by atoms with Gasteiger partial charge in [-0.05, 0) is 47.9 Å². The van der Waals surface area contributed by atoms with Gasteiger partial charge in [-0.3, -0.25) is 4.98 Å². The van der Waals surface area contributed by atoms with E-state index in [1.807, 2.05) is 36.4 Å². The Morgan fingerprint density at radius 2 is 1.97 bits per heavy atom. The summed E-state index contributed by atoms with van der Waals surface area (Å²) in [5.74, 6) is 2.06. The van der Waals surface area contributed by atoms with Crippen LogP contribution in [0.15, 0.2) is 72.9 Å². The summed E-state index contributed by atoms with van der Waals surface area (Å²) in [4.78, 5) is 20.8. The molecule has 2 N–H and O–H groups in total. The van der Waals surface area contributed by atoms with E-state index >= 15 is 0 Å². The highest BCUT2D eigenvalue weighted by Gasteiger charge is 2.35. The van der Waals surface area contributed by atoms with E-state index in [0.717, 1.165) is 51.8 Å². The lowest BCUT2D eigenvalue weighted by Gasteiger charge is -2.29. The molecular weight excluding hydrogens is 480 g/mol. The summed E-state index contributed by atoms with van der Waals surface area (Å²) < 4.78 is 19.5. The Kier molecular flexibility index (Phi) is 5.32. The van der Waals surface area contributed by atoms with Gasteiger partial charge in [-0.15, -0.1) is 0 Å². The van der Waals surface area contributed by atoms with Crippen molar-refractivity contribution in [3.63, 3.8) is 0 Å². The number of rotatable bonds is 5. The lowest BCUT2D eigenvalue weighted by Crippen LogP contribution is -2.28. The summed E-state index contributed by atoms with van der Waals surface area (Å²) in [6.07, 6.45) is 2.62. The zero-order valence-electron chi connectivity index (χ0n) is 20.9. The van der Waals surface area contributed by atoms with E-state index in [-0.39, 0.29) is 12.8 Å². The van der Waals surface area contributed by atoms with Crippen LogP contribution in [0.1, 0.15) is 46.9 Å². The van der Waals surface area contributed by atoms with Gasteiger partial charge in [0.1, 0.15) is 0 Å². The number of amides is 1. The minimum Gasteiger partial charge on any atom is -0.454 e. The zero-order chi connectivity index (χ0) is 25.6. The number of hydrogen-bond acceptors (Lipinski definition) is 5. The number of hydrogen-bond donors (Lipinski definition) is 2. The standard InChI is InChI=1S/C30H26N4O4/c1-2-20-14-26(38-30(35)32-16-19-7-5-6-12-31-19)24-15-22-21-8-3-4-9-23(21)33-28(22)29(34(20)24)18-10-11-25-27(13-18)37-17-36-25/h3-14,29,33H,2,15-17H2,1H3,(H,32,35). The zero-order valence-corrected chi connectivity index (χ0v) is 20.9. The van der Waals surface area contributed by atoms with Gasteiger partial charge in [0.05, 0.1) is 24.0 Å². The van der Waals surface area contributed by atoms with Crippen molar-refractivity contribution in [3.8, 4) is 17.2 Å². The number of benzene rings is 2. The first-order chi connectivity index (χ1) is 18.7. The van der Waals surface area contributed by atoms with E-state index < -0.39 is 6.09 Å². The lowest BCUT2D eigenvalue weighted by molar-refractivity contribution is 0.174. The van der Waals surface area contributed by atoms with Crippen LogP contribution in [-0.4, -0.2) is 27.4 Å². The first-order valence-corrected chi connectivity index (χ1v) is 12.8. The van der Waals surface area contributed by atoms with Gasteiger partial charge >= 0.3 is 6.09 Å². The van der Waals surface area contributed by atoms with Crippen LogP contribution in [0, 0.1) is 0 Å². The number of nitrogens with one attached hydrogen (secondary N) is 2. The molecule has 2 aromatic carbocycles. The molecule has 8 nitrogen and oxygen atoms in total. The molecule has 7 rings (SSSR count). The highest BCUT2D eigenvalue weighted by atomic mass is 16.7. The molecule has 2 aliphatic heterocycles. The van der Waals surface area contributed by atoms with Crippen LogP contribution in [0.3, 0.4) is 0 Å². The van der Waals surface area contributed by atoms with E-state index in [1.165, 1.54) is 10.9 Å². The third-order valence-electron chi connectivity index (χ3n) is 7.32. The maximum atomic E-state index is 12.8. The molecule has 5 heterocycles. The molecular formula is C30H26N4O4. The van der Waals surface area contributed by atoms with Gasteiger partial charge in [0.15, 0.2) is 17.2 Å². The molecule has 8 heteroatoms. The molecule has 0 bridgehead atoms. The number of aryl methyl sites for hydroxylation is 1. The summed E-state index contributed by atoms with van der Waals surface area (Å²) in [7, 11) is 0. The Balaban J connectivity index is 1.31. The molecule has 0 radical (unpaired) electrons. The molecule has 3 aromatic heterocycles. The monoisotopic (exact) mass is 506 g/mol. The Morgan fingerprint density at radius 1 is 1.11 bits per heavy atom. The summed E-state index contributed by atoms with van der Waals surface area (Å²) >= 11 is 0. The van der Waals surface area contributed by atoms with Crippen molar-refractivity contribution in [2.24, 2.45) is 0 Å². The van der Waals surface area contributed by atoms with Crippen molar-refractivity contribution in [2.75, 3.05) is 6.79 Å². The summed E-state index contributed by atoms with van der Waals surface area (Å²) in [6, 6.07) is 21.9. The number of fused-ring (bicyclic) bond motifs is 5. The topological polar surface area (TPSA) is 90.4 Å². The van der Waals surface area contributed by atoms with Crippen LogP contribution < -0.4 is 19.5 Å². The van der Waals surface area contributed by atoms with Gasteiger partial charge in [0, 0.05) is 41.0 Å². The van der Waals surface area contributed by atoms with Gasteiger partial charge in [-0.2, -0.15) is 0 Å². The second-order valence-corrected chi connectivity index (χ2v) is 9.49. The predicted octanol–water partition coefficient (Wildman–Crippen LogP) is 5.49. The fourth-order valence-electron chi connectivity index (χ4n) is 5.59. The van der Waals surface area contributed by atoms with Crippen LogP contribution in [0.4, 0.5) is 4.79 Å². The van der Waals surface area contributed by atoms with Crippen molar-refractivity contribution in [1.29, 1.82) is 0 Å². The quantitative estimate of drug-likeness (QED) is 0.323. The van der Waals surface area contributed by atoms with Crippen molar-refractivity contribution in [1.82, 2.24) is 19.9 Å². The normalized spacial score (nSPS) is 15.2. The molecule has 0 aliphatic carbocycles. The first kappa shape index (κ1) is 22.5. The van der Waals surface area contributed by atoms with Crippen molar-refractivity contribution in [2.45, 2.75) is 32.4 Å². The molecule has 0 saturated heterocycles.